The predicted molar refractivity (Wildman–Crippen MR) is 102 cm³/mol. The molecule has 25 heavy (non-hydrogen) atoms. The van der Waals surface area contributed by atoms with Crippen molar-refractivity contribution >= 4 is 39.7 Å². The fourth-order valence-corrected chi connectivity index (χ4v) is 3.32. The molecule has 0 bridgehead atoms. The molecular formula is C19H17ClN4O. The number of amidine groups is 1. The van der Waals surface area contributed by atoms with Crippen molar-refractivity contribution in [2.24, 2.45) is 0 Å². The second-order valence-corrected chi connectivity index (χ2v) is 6.73. The Labute approximate surface area is 150 Å². The molecule has 1 aliphatic heterocycles. The monoisotopic (exact) mass is 352 g/mol. The van der Waals surface area contributed by atoms with Crippen LogP contribution < -0.4 is 4.90 Å². The molecule has 0 unspecified atom stereocenters. The zero-order valence-electron chi connectivity index (χ0n) is 13.9. The van der Waals surface area contributed by atoms with E-state index in [2.05, 4.69) is 9.97 Å². The molecule has 0 atom stereocenters. The molecule has 0 amide bonds. The fraction of sp³-hybridized carbons (Fsp3) is 0.158. The van der Waals surface area contributed by atoms with Gasteiger partial charge in [-0.1, -0.05) is 23.7 Å². The molecule has 1 aliphatic rings. The van der Waals surface area contributed by atoms with E-state index in [-0.39, 0.29) is 18.1 Å². The average Bonchev–Trinajstić information content (AvgIpc) is 3.09. The predicted octanol–water partition coefficient (Wildman–Crippen LogP) is 4.60. The lowest BCUT2D eigenvalue weighted by Crippen LogP contribution is -2.27. The second-order valence-electron chi connectivity index (χ2n) is 6.29. The number of aliphatic hydroxyl groups excluding tert-OH is 1. The summed E-state index contributed by atoms with van der Waals surface area (Å²) < 4.78 is 0. The third kappa shape index (κ3) is 2.57. The summed E-state index contributed by atoms with van der Waals surface area (Å²) in [6.07, 6.45) is 0. The summed E-state index contributed by atoms with van der Waals surface area (Å²) in [5.74, 6) is 0.837. The summed E-state index contributed by atoms with van der Waals surface area (Å²) in [6.45, 7) is 4.20. The maximum atomic E-state index is 10.5. The lowest BCUT2D eigenvalue weighted by Gasteiger charge is -2.21. The van der Waals surface area contributed by atoms with Gasteiger partial charge in [-0.3, -0.25) is 5.41 Å². The number of hydrogen-bond acceptors (Lipinski definition) is 3. The first-order valence-electron chi connectivity index (χ1n) is 7.95. The summed E-state index contributed by atoms with van der Waals surface area (Å²) in [7, 11) is 0. The molecule has 4 rings (SSSR count). The number of aromatic amines is 1. The Bertz CT molecular complexity index is 1050. The molecule has 2 aromatic carbocycles. The molecule has 0 aliphatic carbocycles. The quantitative estimate of drug-likeness (QED) is 0.630. The van der Waals surface area contributed by atoms with E-state index in [1.54, 1.807) is 4.90 Å². The van der Waals surface area contributed by atoms with Crippen molar-refractivity contribution in [1.82, 2.24) is 9.97 Å². The Morgan fingerprint density at radius 3 is 2.80 bits per heavy atom. The van der Waals surface area contributed by atoms with Crippen molar-refractivity contribution in [2.75, 3.05) is 11.4 Å². The van der Waals surface area contributed by atoms with Crippen LogP contribution in [-0.4, -0.2) is 27.5 Å². The normalized spacial score (nSPS) is 14.8. The van der Waals surface area contributed by atoms with Gasteiger partial charge in [-0.2, -0.15) is 0 Å². The van der Waals surface area contributed by atoms with Crippen molar-refractivity contribution in [3.8, 4) is 0 Å². The molecule has 6 heteroatoms. The Kier molecular flexibility index (Phi) is 3.54. The molecule has 0 radical (unpaired) electrons. The number of aromatic nitrogens is 2. The lowest BCUT2D eigenvalue weighted by molar-refractivity contribution is 0.411. The number of halogens is 1. The first-order valence-corrected chi connectivity index (χ1v) is 8.33. The SMILES string of the molecule is Cc1ccc2nc(C3=C(O)CN(c4cc(Cl)ccc4C)C3=N)[nH]c2c1. The zero-order valence-corrected chi connectivity index (χ0v) is 14.6. The van der Waals surface area contributed by atoms with Crippen LogP contribution in [0.5, 0.6) is 0 Å². The number of nitrogens with zero attached hydrogens (tertiary/aromatic N) is 2. The first-order chi connectivity index (χ1) is 11.9. The highest BCUT2D eigenvalue weighted by Crippen LogP contribution is 2.33. The van der Waals surface area contributed by atoms with Crippen LogP contribution in [0.25, 0.3) is 16.6 Å². The smallest absolute Gasteiger partial charge is 0.145 e. The van der Waals surface area contributed by atoms with Gasteiger partial charge in [0.2, 0.25) is 0 Å². The number of hydrogen-bond donors (Lipinski definition) is 3. The minimum absolute atomic E-state index is 0.125. The minimum Gasteiger partial charge on any atom is -0.509 e. The van der Waals surface area contributed by atoms with Gasteiger partial charge < -0.3 is 15.0 Å². The second kappa shape index (κ2) is 5.63. The Morgan fingerprint density at radius 2 is 2.00 bits per heavy atom. The van der Waals surface area contributed by atoms with Crippen molar-refractivity contribution in [2.45, 2.75) is 13.8 Å². The molecule has 3 N–H and O–H groups in total. The molecule has 126 valence electrons. The molecule has 3 aromatic rings. The van der Waals surface area contributed by atoms with E-state index in [0.717, 1.165) is 27.8 Å². The van der Waals surface area contributed by atoms with Crippen LogP contribution in [0.1, 0.15) is 17.0 Å². The number of imidazole rings is 1. The van der Waals surface area contributed by atoms with Gasteiger partial charge >= 0.3 is 0 Å². The van der Waals surface area contributed by atoms with Crippen molar-refractivity contribution in [3.05, 3.63) is 64.1 Å². The van der Waals surface area contributed by atoms with E-state index in [4.69, 9.17) is 17.0 Å². The van der Waals surface area contributed by atoms with Crippen molar-refractivity contribution in [1.29, 1.82) is 5.41 Å². The summed E-state index contributed by atoms with van der Waals surface area (Å²) in [6, 6.07) is 11.5. The topological polar surface area (TPSA) is 76.0 Å². The highest BCUT2D eigenvalue weighted by molar-refractivity contribution is 6.32. The number of nitrogens with one attached hydrogen (secondary N) is 2. The van der Waals surface area contributed by atoms with Crippen LogP contribution in [0.15, 0.2) is 42.2 Å². The summed E-state index contributed by atoms with van der Waals surface area (Å²) in [5.41, 5.74) is 5.05. The number of rotatable bonds is 2. The Hall–Kier alpha value is -2.79. The van der Waals surface area contributed by atoms with Crippen LogP contribution >= 0.6 is 11.6 Å². The summed E-state index contributed by atoms with van der Waals surface area (Å²) >= 11 is 6.11. The standard InChI is InChI=1S/C19H17ClN4O/c1-10-3-6-13-14(7-10)23-19(22-13)17-16(25)9-24(18(17)21)15-8-12(20)5-4-11(15)2/h3-8,21,25H,9H2,1-2H3,(H,22,23). The van der Waals surface area contributed by atoms with Gasteiger partial charge in [0.1, 0.15) is 17.4 Å². The van der Waals surface area contributed by atoms with Gasteiger partial charge in [-0.05, 0) is 49.2 Å². The van der Waals surface area contributed by atoms with E-state index in [1.165, 1.54) is 0 Å². The summed E-state index contributed by atoms with van der Waals surface area (Å²) in [5, 5.41) is 19.6. The Morgan fingerprint density at radius 1 is 1.20 bits per heavy atom. The van der Waals surface area contributed by atoms with Crippen molar-refractivity contribution < 1.29 is 5.11 Å². The maximum absolute atomic E-state index is 10.5. The molecule has 0 saturated carbocycles. The molecule has 1 aromatic heterocycles. The van der Waals surface area contributed by atoms with E-state index in [1.807, 2.05) is 50.2 Å². The van der Waals surface area contributed by atoms with E-state index >= 15 is 0 Å². The van der Waals surface area contributed by atoms with Crippen LogP contribution in [0.4, 0.5) is 5.69 Å². The van der Waals surface area contributed by atoms with Gasteiger partial charge in [0.25, 0.3) is 0 Å². The zero-order chi connectivity index (χ0) is 17.7. The van der Waals surface area contributed by atoms with Gasteiger partial charge in [-0.15, -0.1) is 0 Å². The molecule has 0 fully saturated rings. The third-order valence-corrected chi connectivity index (χ3v) is 4.67. The number of aliphatic hydroxyl groups is 1. The lowest BCUT2D eigenvalue weighted by atomic mass is 10.1. The Balaban J connectivity index is 1.76. The molecule has 2 heterocycles. The molecular weight excluding hydrogens is 336 g/mol. The molecule has 5 nitrogen and oxygen atoms in total. The first kappa shape index (κ1) is 15.7. The highest BCUT2D eigenvalue weighted by atomic mass is 35.5. The third-order valence-electron chi connectivity index (χ3n) is 4.44. The van der Waals surface area contributed by atoms with Crippen LogP contribution in [0, 0.1) is 19.3 Å². The van der Waals surface area contributed by atoms with E-state index in [0.29, 0.717) is 16.4 Å². The highest BCUT2D eigenvalue weighted by Gasteiger charge is 2.32. The van der Waals surface area contributed by atoms with Crippen molar-refractivity contribution in [3.63, 3.8) is 0 Å². The van der Waals surface area contributed by atoms with Gasteiger partial charge in [-0.25, -0.2) is 4.98 Å². The van der Waals surface area contributed by atoms with Crippen LogP contribution in [0.2, 0.25) is 5.02 Å². The van der Waals surface area contributed by atoms with Gasteiger partial charge in [0.05, 0.1) is 23.2 Å². The largest absolute Gasteiger partial charge is 0.509 e. The average molecular weight is 353 g/mol. The van der Waals surface area contributed by atoms with Gasteiger partial charge in [0, 0.05) is 10.7 Å². The number of aryl methyl sites for hydroxylation is 2. The number of benzene rings is 2. The maximum Gasteiger partial charge on any atom is 0.145 e. The number of H-pyrrole nitrogens is 1. The van der Waals surface area contributed by atoms with Crippen LogP contribution in [-0.2, 0) is 0 Å². The number of anilines is 1. The van der Waals surface area contributed by atoms with E-state index in [9.17, 15) is 5.11 Å². The van der Waals surface area contributed by atoms with E-state index < -0.39 is 0 Å². The molecule has 0 spiro atoms. The molecule has 0 saturated heterocycles. The van der Waals surface area contributed by atoms with Crippen LogP contribution in [0.3, 0.4) is 0 Å². The van der Waals surface area contributed by atoms with Gasteiger partial charge in [0.15, 0.2) is 0 Å². The summed E-state index contributed by atoms with van der Waals surface area (Å²) in [4.78, 5) is 9.49. The number of fused-ring (bicyclic) bond motifs is 1. The minimum atomic E-state index is 0.125. The fourth-order valence-electron chi connectivity index (χ4n) is 3.15.